The van der Waals surface area contributed by atoms with Gasteiger partial charge in [-0.1, -0.05) is 12.1 Å². The van der Waals surface area contributed by atoms with Crippen molar-refractivity contribution in [2.75, 3.05) is 26.7 Å². The Morgan fingerprint density at radius 3 is 2.91 bits per heavy atom. The van der Waals surface area contributed by atoms with Gasteiger partial charge in [-0.3, -0.25) is 14.5 Å². The molecule has 22 heavy (non-hydrogen) atoms. The quantitative estimate of drug-likeness (QED) is 0.868. The van der Waals surface area contributed by atoms with E-state index >= 15 is 0 Å². The Labute approximate surface area is 130 Å². The first kappa shape index (κ1) is 14.8. The lowest BCUT2D eigenvalue weighted by Crippen LogP contribution is -2.68. The van der Waals surface area contributed by atoms with Crippen molar-refractivity contribution in [3.8, 4) is 5.75 Å². The molecule has 1 aromatic rings. The van der Waals surface area contributed by atoms with E-state index in [-0.39, 0.29) is 17.9 Å². The van der Waals surface area contributed by atoms with E-state index in [4.69, 9.17) is 4.74 Å². The maximum Gasteiger partial charge on any atom is 0.245 e. The molecular formula is C16H21N3O3. The van der Waals surface area contributed by atoms with Crippen LogP contribution in [0.4, 0.5) is 0 Å². The van der Waals surface area contributed by atoms with Crippen LogP contribution >= 0.6 is 0 Å². The maximum absolute atomic E-state index is 12.1. The van der Waals surface area contributed by atoms with Crippen LogP contribution in [0.15, 0.2) is 24.3 Å². The zero-order valence-electron chi connectivity index (χ0n) is 12.9. The number of nitrogens with one attached hydrogen (secondary N) is 1. The van der Waals surface area contributed by atoms with Crippen molar-refractivity contribution < 1.29 is 14.3 Å². The number of ether oxygens (including phenoxy) is 1. The molecule has 6 nitrogen and oxygen atoms in total. The van der Waals surface area contributed by atoms with Crippen LogP contribution in [0.3, 0.4) is 0 Å². The Morgan fingerprint density at radius 1 is 1.32 bits per heavy atom. The Bertz CT molecular complexity index is 590. The first-order valence-corrected chi connectivity index (χ1v) is 7.54. The van der Waals surface area contributed by atoms with E-state index < -0.39 is 6.04 Å². The molecule has 1 N–H and O–H groups in total. The van der Waals surface area contributed by atoms with Crippen molar-refractivity contribution in [2.45, 2.75) is 25.6 Å². The van der Waals surface area contributed by atoms with Crippen LogP contribution in [0.1, 0.15) is 12.5 Å². The summed E-state index contributed by atoms with van der Waals surface area (Å²) in [7, 11) is 1.65. The molecule has 2 aliphatic heterocycles. The first-order chi connectivity index (χ1) is 10.6. The van der Waals surface area contributed by atoms with E-state index in [0.717, 1.165) is 24.4 Å². The highest BCUT2D eigenvalue weighted by Gasteiger charge is 2.41. The van der Waals surface area contributed by atoms with E-state index in [0.29, 0.717) is 13.1 Å². The zero-order chi connectivity index (χ0) is 15.7. The number of nitrogens with zero attached hydrogens (tertiary/aromatic N) is 2. The van der Waals surface area contributed by atoms with Gasteiger partial charge in [0, 0.05) is 26.2 Å². The van der Waals surface area contributed by atoms with Gasteiger partial charge in [-0.2, -0.15) is 0 Å². The summed E-state index contributed by atoms with van der Waals surface area (Å²) in [6.07, 6.45) is 0. The predicted molar refractivity (Wildman–Crippen MR) is 81.4 cm³/mol. The minimum absolute atomic E-state index is 0.0191. The third-order valence-corrected chi connectivity index (χ3v) is 4.32. The summed E-state index contributed by atoms with van der Waals surface area (Å²) in [6, 6.07) is 7.14. The zero-order valence-corrected chi connectivity index (χ0v) is 12.9. The van der Waals surface area contributed by atoms with Crippen LogP contribution in [-0.4, -0.2) is 60.4 Å². The minimum atomic E-state index is -0.409. The Morgan fingerprint density at radius 2 is 2.14 bits per heavy atom. The summed E-state index contributed by atoms with van der Waals surface area (Å²) >= 11 is 0. The molecule has 2 fully saturated rings. The lowest BCUT2D eigenvalue weighted by molar-refractivity contribution is -0.152. The van der Waals surface area contributed by atoms with Gasteiger partial charge >= 0.3 is 0 Å². The number of benzene rings is 1. The third kappa shape index (κ3) is 2.78. The van der Waals surface area contributed by atoms with Crippen LogP contribution in [-0.2, 0) is 16.1 Å². The lowest BCUT2D eigenvalue weighted by atomic mass is 10.0. The Hall–Kier alpha value is -2.08. The van der Waals surface area contributed by atoms with Crippen molar-refractivity contribution in [1.82, 2.24) is 15.1 Å². The van der Waals surface area contributed by atoms with Crippen molar-refractivity contribution in [3.05, 3.63) is 29.8 Å². The third-order valence-electron chi connectivity index (χ3n) is 4.32. The molecule has 1 aromatic carbocycles. The molecule has 2 aliphatic rings. The molecule has 0 spiro atoms. The highest BCUT2D eigenvalue weighted by Crippen LogP contribution is 2.19. The van der Waals surface area contributed by atoms with Gasteiger partial charge in [0.2, 0.25) is 11.8 Å². The molecule has 2 amide bonds. The summed E-state index contributed by atoms with van der Waals surface area (Å²) in [6.45, 7) is 4.43. The fourth-order valence-electron chi connectivity index (χ4n) is 3.12. The summed E-state index contributed by atoms with van der Waals surface area (Å²) in [5, 5.41) is 2.75. The lowest BCUT2D eigenvalue weighted by Gasteiger charge is -2.44. The van der Waals surface area contributed by atoms with Gasteiger partial charge in [-0.25, -0.2) is 0 Å². The van der Waals surface area contributed by atoms with Gasteiger partial charge < -0.3 is 15.0 Å². The van der Waals surface area contributed by atoms with E-state index in [2.05, 4.69) is 10.2 Å². The van der Waals surface area contributed by atoms with Crippen molar-refractivity contribution in [3.63, 3.8) is 0 Å². The summed E-state index contributed by atoms with van der Waals surface area (Å²) in [5.41, 5.74) is 1.14. The highest BCUT2D eigenvalue weighted by atomic mass is 16.5. The molecule has 0 unspecified atom stereocenters. The second kappa shape index (κ2) is 5.96. The second-order valence-corrected chi connectivity index (χ2v) is 5.86. The monoisotopic (exact) mass is 303 g/mol. The number of methoxy groups -OCH3 is 1. The molecular weight excluding hydrogens is 282 g/mol. The van der Waals surface area contributed by atoms with E-state index in [1.165, 1.54) is 0 Å². The van der Waals surface area contributed by atoms with E-state index in [9.17, 15) is 9.59 Å². The molecule has 3 rings (SSSR count). The molecule has 0 saturated carbocycles. The average molecular weight is 303 g/mol. The summed E-state index contributed by atoms with van der Waals surface area (Å²) in [4.78, 5) is 28.2. The minimum Gasteiger partial charge on any atom is -0.497 e. The number of carbonyl (C=O) groups excluding carboxylic acids is 2. The van der Waals surface area contributed by atoms with Gasteiger partial charge in [0.25, 0.3) is 0 Å². The number of amides is 2. The van der Waals surface area contributed by atoms with Gasteiger partial charge in [-0.05, 0) is 24.6 Å². The topological polar surface area (TPSA) is 61.9 Å². The van der Waals surface area contributed by atoms with E-state index in [1.54, 1.807) is 18.9 Å². The van der Waals surface area contributed by atoms with Crippen LogP contribution in [0.25, 0.3) is 0 Å². The van der Waals surface area contributed by atoms with Gasteiger partial charge in [0.15, 0.2) is 0 Å². The Balaban J connectivity index is 1.68. The molecule has 0 bridgehead atoms. The predicted octanol–water partition coefficient (Wildman–Crippen LogP) is 0.226. The summed E-state index contributed by atoms with van der Waals surface area (Å²) in [5.74, 6) is 0.795. The maximum atomic E-state index is 12.1. The molecule has 6 heteroatoms. The van der Waals surface area contributed by atoms with Gasteiger partial charge in [-0.15, -0.1) is 0 Å². The van der Waals surface area contributed by atoms with Gasteiger partial charge in [0.05, 0.1) is 7.11 Å². The average Bonchev–Trinajstić information content (AvgIpc) is 2.53. The summed E-state index contributed by atoms with van der Waals surface area (Å²) < 4.78 is 5.24. The molecule has 2 saturated heterocycles. The molecule has 0 aliphatic carbocycles. The van der Waals surface area contributed by atoms with Crippen molar-refractivity contribution >= 4 is 11.8 Å². The van der Waals surface area contributed by atoms with Crippen LogP contribution in [0, 0.1) is 0 Å². The van der Waals surface area contributed by atoms with Gasteiger partial charge in [0.1, 0.15) is 17.8 Å². The van der Waals surface area contributed by atoms with Crippen molar-refractivity contribution in [1.29, 1.82) is 0 Å². The second-order valence-electron chi connectivity index (χ2n) is 5.86. The largest absolute Gasteiger partial charge is 0.497 e. The molecule has 0 radical (unpaired) electrons. The SMILES string of the molecule is COc1cccc(CN2CCN3C(=O)[C@@H](C)NC(=O)[C@H]3C2)c1. The molecule has 2 heterocycles. The first-order valence-electron chi connectivity index (χ1n) is 7.54. The number of piperazine rings is 2. The molecule has 2 atom stereocenters. The Kier molecular flexibility index (Phi) is 4.02. The van der Waals surface area contributed by atoms with Crippen LogP contribution in [0.5, 0.6) is 5.75 Å². The highest BCUT2D eigenvalue weighted by molar-refractivity contribution is 5.97. The fourth-order valence-corrected chi connectivity index (χ4v) is 3.12. The van der Waals surface area contributed by atoms with Crippen LogP contribution in [0.2, 0.25) is 0 Å². The van der Waals surface area contributed by atoms with E-state index in [1.807, 2.05) is 24.3 Å². The normalized spacial score (nSPS) is 25.6. The smallest absolute Gasteiger partial charge is 0.245 e. The van der Waals surface area contributed by atoms with Crippen molar-refractivity contribution in [2.24, 2.45) is 0 Å². The number of carbonyl (C=O) groups is 2. The number of hydrogen-bond donors (Lipinski definition) is 1. The molecule has 0 aromatic heterocycles. The van der Waals surface area contributed by atoms with Crippen LogP contribution < -0.4 is 10.1 Å². The fraction of sp³-hybridized carbons (Fsp3) is 0.500. The number of hydrogen-bond acceptors (Lipinski definition) is 4. The number of fused-ring (bicyclic) bond motifs is 1. The number of rotatable bonds is 3. The standard InChI is InChI=1S/C16H21N3O3/c1-11-16(21)19-7-6-18(10-14(19)15(20)17-11)9-12-4-3-5-13(8-12)22-2/h3-5,8,11,14H,6-7,9-10H2,1-2H3,(H,17,20)/t11-,14-/m1/s1. The molecule has 118 valence electrons.